The summed E-state index contributed by atoms with van der Waals surface area (Å²) < 4.78 is 0. The van der Waals surface area contributed by atoms with E-state index in [1.54, 1.807) is 12.4 Å². The quantitative estimate of drug-likeness (QED) is 0.800. The maximum atomic E-state index is 6.12. The number of aromatic amines is 1. The minimum atomic E-state index is -0.198. The van der Waals surface area contributed by atoms with Crippen LogP contribution in [0.4, 0.5) is 0 Å². The second-order valence-corrected chi connectivity index (χ2v) is 4.45. The van der Waals surface area contributed by atoms with E-state index in [-0.39, 0.29) is 5.54 Å². The molecule has 0 aliphatic heterocycles. The third-order valence-corrected chi connectivity index (χ3v) is 3.10. The summed E-state index contributed by atoms with van der Waals surface area (Å²) >= 11 is 0. The molecule has 1 fully saturated rings. The van der Waals surface area contributed by atoms with Crippen molar-refractivity contribution in [2.45, 2.75) is 25.3 Å². The molecule has 4 nitrogen and oxygen atoms in total. The molecule has 3 N–H and O–H groups in total. The largest absolute Gasteiger partial charge is 0.344 e. The molecule has 0 atom stereocenters. The average molecular weight is 214 g/mol. The van der Waals surface area contributed by atoms with E-state index < -0.39 is 0 Å². The van der Waals surface area contributed by atoms with Gasteiger partial charge in [-0.3, -0.25) is 4.98 Å². The van der Waals surface area contributed by atoms with Gasteiger partial charge in [0.2, 0.25) is 0 Å². The third kappa shape index (κ3) is 1.42. The van der Waals surface area contributed by atoms with E-state index in [0.29, 0.717) is 0 Å². The van der Waals surface area contributed by atoms with Gasteiger partial charge in [-0.15, -0.1) is 0 Å². The van der Waals surface area contributed by atoms with E-state index in [1.165, 1.54) is 0 Å². The van der Waals surface area contributed by atoms with Crippen molar-refractivity contribution >= 4 is 0 Å². The molecule has 0 spiro atoms. The van der Waals surface area contributed by atoms with Gasteiger partial charge in [-0.1, -0.05) is 0 Å². The maximum absolute atomic E-state index is 6.12. The van der Waals surface area contributed by atoms with E-state index >= 15 is 0 Å². The zero-order chi connectivity index (χ0) is 11.2. The lowest BCUT2D eigenvalue weighted by atomic mass is 10.2. The van der Waals surface area contributed by atoms with Gasteiger partial charge in [-0.05, 0) is 31.9 Å². The fourth-order valence-corrected chi connectivity index (χ4v) is 1.86. The van der Waals surface area contributed by atoms with Crippen LogP contribution in [0, 0.1) is 6.92 Å². The number of aromatic nitrogens is 3. The van der Waals surface area contributed by atoms with Crippen LogP contribution < -0.4 is 5.73 Å². The molecule has 1 saturated carbocycles. The number of nitrogens with zero attached hydrogens (tertiary/aromatic N) is 2. The number of nitrogens with two attached hydrogens (primary N) is 1. The van der Waals surface area contributed by atoms with E-state index in [0.717, 1.165) is 35.6 Å². The zero-order valence-corrected chi connectivity index (χ0v) is 9.20. The molecule has 82 valence electrons. The van der Waals surface area contributed by atoms with Crippen LogP contribution in [-0.4, -0.2) is 15.0 Å². The number of aryl methyl sites for hydroxylation is 1. The maximum Gasteiger partial charge on any atom is 0.127 e. The fourth-order valence-electron chi connectivity index (χ4n) is 1.86. The molecular weight excluding hydrogens is 200 g/mol. The van der Waals surface area contributed by atoms with Gasteiger partial charge >= 0.3 is 0 Å². The lowest BCUT2D eigenvalue weighted by Crippen LogP contribution is -2.20. The third-order valence-electron chi connectivity index (χ3n) is 3.10. The van der Waals surface area contributed by atoms with Crippen LogP contribution in [0.25, 0.3) is 11.3 Å². The minimum absolute atomic E-state index is 0.198. The summed E-state index contributed by atoms with van der Waals surface area (Å²) in [4.78, 5) is 11.9. The van der Waals surface area contributed by atoms with Gasteiger partial charge in [-0.2, -0.15) is 0 Å². The molecule has 0 radical (unpaired) electrons. The fraction of sp³-hybridized carbons (Fsp3) is 0.333. The molecule has 0 amide bonds. The molecule has 0 saturated heterocycles. The molecular formula is C12H14N4. The molecule has 0 aromatic carbocycles. The van der Waals surface area contributed by atoms with Gasteiger partial charge in [0, 0.05) is 23.7 Å². The molecule has 2 heterocycles. The molecule has 2 aromatic heterocycles. The van der Waals surface area contributed by atoms with E-state index in [4.69, 9.17) is 5.73 Å². The Morgan fingerprint density at radius 1 is 1.31 bits per heavy atom. The SMILES string of the molecule is Cc1[nH]c(C2(N)CC2)nc1-c1ccncc1. The predicted octanol–water partition coefficient (Wildman–Crippen LogP) is 1.73. The zero-order valence-electron chi connectivity index (χ0n) is 9.20. The van der Waals surface area contributed by atoms with Crippen molar-refractivity contribution in [1.29, 1.82) is 0 Å². The second kappa shape index (κ2) is 3.15. The van der Waals surface area contributed by atoms with Crippen LogP contribution in [-0.2, 0) is 5.54 Å². The van der Waals surface area contributed by atoms with Crippen LogP contribution in [0.3, 0.4) is 0 Å². The molecule has 2 aromatic rings. The van der Waals surface area contributed by atoms with E-state index in [1.807, 2.05) is 19.1 Å². The number of rotatable bonds is 2. The molecule has 4 heteroatoms. The van der Waals surface area contributed by atoms with Crippen LogP contribution in [0.2, 0.25) is 0 Å². The summed E-state index contributed by atoms with van der Waals surface area (Å²) in [6.45, 7) is 2.03. The summed E-state index contributed by atoms with van der Waals surface area (Å²) in [6, 6.07) is 3.92. The van der Waals surface area contributed by atoms with Gasteiger partial charge in [0.15, 0.2) is 0 Å². The summed E-state index contributed by atoms with van der Waals surface area (Å²) in [5.41, 5.74) is 9.05. The number of H-pyrrole nitrogens is 1. The Morgan fingerprint density at radius 3 is 2.62 bits per heavy atom. The van der Waals surface area contributed by atoms with Crippen LogP contribution in [0.5, 0.6) is 0 Å². The van der Waals surface area contributed by atoms with Crippen LogP contribution in [0.1, 0.15) is 24.4 Å². The first-order chi connectivity index (χ1) is 7.69. The first kappa shape index (κ1) is 9.54. The highest BCUT2D eigenvalue weighted by atomic mass is 15.0. The Kier molecular flexibility index (Phi) is 1.88. The number of nitrogens with one attached hydrogen (secondary N) is 1. The first-order valence-corrected chi connectivity index (χ1v) is 5.45. The molecule has 16 heavy (non-hydrogen) atoms. The standard InChI is InChI=1S/C12H14N4/c1-8-10(9-2-6-14-7-3-9)16-11(15-8)12(13)4-5-12/h2-3,6-7H,4-5,13H2,1H3,(H,15,16). The monoisotopic (exact) mass is 214 g/mol. The number of imidazole rings is 1. The number of hydrogen-bond donors (Lipinski definition) is 2. The van der Waals surface area contributed by atoms with E-state index in [9.17, 15) is 0 Å². The normalized spacial score (nSPS) is 17.4. The Bertz CT molecular complexity index is 511. The minimum Gasteiger partial charge on any atom is -0.344 e. The topological polar surface area (TPSA) is 67.6 Å². The van der Waals surface area contributed by atoms with Crippen molar-refractivity contribution in [3.05, 3.63) is 36.0 Å². The van der Waals surface area contributed by atoms with Crippen molar-refractivity contribution in [2.75, 3.05) is 0 Å². The summed E-state index contributed by atoms with van der Waals surface area (Å²) in [5, 5.41) is 0. The highest BCUT2D eigenvalue weighted by Gasteiger charge is 2.43. The van der Waals surface area contributed by atoms with Crippen molar-refractivity contribution in [3.8, 4) is 11.3 Å². The van der Waals surface area contributed by atoms with Crippen molar-refractivity contribution < 1.29 is 0 Å². The van der Waals surface area contributed by atoms with E-state index in [2.05, 4.69) is 15.0 Å². The predicted molar refractivity (Wildman–Crippen MR) is 61.7 cm³/mol. The summed E-state index contributed by atoms with van der Waals surface area (Å²) in [6.07, 6.45) is 5.60. The molecule has 0 unspecified atom stereocenters. The van der Waals surface area contributed by atoms with Crippen molar-refractivity contribution in [2.24, 2.45) is 5.73 Å². The lowest BCUT2D eigenvalue weighted by molar-refractivity contribution is 0.684. The Balaban J connectivity index is 2.06. The van der Waals surface area contributed by atoms with Gasteiger partial charge in [-0.25, -0.2) is 4.98 Å². The Labute approximate surface area is 93.9 Å². The van der Waals surface area contributed by atoms with Crippen LogP contribution in [0.15, 0.2) is 24.5 Å². The molecule has 3 rings (SSSR count). The number of pyridine rings is 1. The van der Waals surface area contributed by atoms with Crippen LogP contribution >= 0.6 is 0 Å². The van der Waals surface area contributed by atoms with Gasteiger partial charge < -0.3 is 10.7 Å². The summed E-state index contributed by atoms with van der Waals surface area (Å²) in [5.74, 6) is 0.914. The lowest BCUT2D eigenvalue weighted by Gasteiger charge is -2.02. The average Bonchev–Trinajstić information content (AvgIpc) is 2.92. The highest BCUT2D eigenvalue weighted by Crippen LogP contribution is 2.42. The second-order valence-electron chi connectivity index (χ2n) is 4.45. The molecule has 0 bridgehead atoms. The van der Waals surface area contributed by atoms with Gasteiger partial charge in [0.1, 0.15) is 5.82 Å². The molecule has 1 aliphatic rings. The Morgan fingerprint density at radius 2 is 2.00 bits per heavy atom. The van der Waals surface area contributed by atoms with Crippen molar-refractivity contribution in [1.82, 2.24) is 15.0 Å². The Hall–Kier alpha value is -1.68. The molecule has 1 aliphatic carbocycles. The van der Waals surface area contributed by atoms with Crippen molar-refractivity contribution in [3.63, 3.8) is 0 Å². The first-order valence-electron chi connectivity index (χ1n) is 5.45. The summed E-state index contributed by atoms with van der Waals surface area (Å²) in [7, 11) is 0. The van der Waals surface area contributed by atoms with Gasteiger partial charge in [0.05, 0.1) is 11.2 Å². The smallest absolute Gasteiger partial charge is 0.127 e. The number of hydrogen-bond acceptors (Lipinski definition) is 3. The van der Waals surface area contributed by atoms with Gasteiger partial charge in [0.25, 0.3) is 0 Å². The highest BCUT2D eigenvalue weighted by molar-refractivity contribution is 5.61.